The van der Waals surface area contributed by atoms with E-state index < -0.39 is 10.0 Å². The third kappa shape index (κ3) is 7.36. The van der Waals surface area contributed by atoms with Gasteiger partial charge in [0.15, 0.2) is 0 Å². The van der Waals surface area contributed by atoms with Crippen molar-refractivity contribution < 1.29 is 17.9 Å². The minimum Gasteiger partial charge on any atom is -0.475 e. The molecule has 3 heterocycles. The molecule has 4 bridgehead atoms. The molecule has 2 aliphatic rings. The number of sulfonamides is 1. The first-order chi connectivity index (χ1) is 20.5. The molecule has 0 radical (unpaired) electrons. The second-order valence-corrected chi connectivity index (χ2v) is 14.1. The highest BCUT2D eigenvalue weighted by Gasteiger charge is 2.30. The molecule has 9 nitrogen and oxygen atoms in total. The SMILES string of the molecule is Cc1cccc(C)c1-c1cc2nc(n1)NS(=O)(=O)c1cccc(c1)C(=O)N(CCC1CCN(C)CC1)[C@H](CC(C)C)CO2. The molecule has 1 aromatic heterocycles. The maximum absolute atomic E-state index is 14.2. The van der Waals surface area contributed by atoms with Crippen LogP contribution in [0.25, 0.3) is 11.3 Å². The summed E-state index contributed by atoms with van der Waals surface area (Å²) in [7, 11) is -1.94. The quantitative estimate of drug-likeness (QED) is 0.393. The first-order valence-corrected chi connectivity index (χ1v) is 16.7. The number of nitrogens with one attached hydrogen (secondary N) is 1. The van der Waals surface area contributed by atoms with Gasteiger partial charge in [-0.3, -0.25) is 4.79 Å². The number of anilines is 1. The van der Waals surface area contributed by atoms with E-state index in [0.717, 1.165) is 55.5 Å². The maximum Gasteiger partial charge on any atom is 0.264 e. The van der Waals surface area contributed by atoms with Gasteiger partial charge in [-0.15, -0.1) is 0 Å². The molecule has 230 valence electrons. The molecule has 1 amide bonds. The minimum absolute atomic E-state index is 0.0168. The molecule has 5 rings (SSSR count). The van der Waals surface area contributed by atoms with Gasteiger partial charge in [-0.25, -0.2) is 18.1 Å². The largest absolute Gasteiger partial charge is 0.475 e. The average molecular weight is 606 g/mol. The monoisotopic (exact) mass is 605 g/mol. The molecule has 1 N–H and O–H groups in total. The van der Waals surface area contributed by atoms with E-state index in [4.69, 9.17) is 4.74 Å². The number of likely N-dealkylation sites (tertiary alicyclic amines) is 1. The number of rotatable bonds is 6. The smallest absolute Gasteiger partial charge is 0.264 e. The second kappa shape index (κ2) is 13.0. The van der Waals surface area contributed by atoms with E-state index >= 15 is 0 Å². The Hall–Kier alpha value is -3.50. The summed E-state index contributed by atoms with van der Waals surface area (Å²) in [6, 6.07) is 13.7. The van der Waals surface area contributed by atoms with Gasteiger partial charge >= 0.3 is 0 Å². The highest BCUT2D eigenvalue weighted by Crippen LogP contribution is 2.31. The van der Waals surface area contributed by atoms with Gasteiger partial charge in [-0.1, -0.05) is 38.1 Å². The van der Waals surface area contributed by atoms with Crippen LogP contribution in [-0.2, 0) is 10.0 Å². The zero-order valence-corrected chi connectivity index (χ0v) is 26.7. The lowest BCUT2D eigenvalue weighted by Gasteiger charge is -2.35. The van der Waals surface area contributed by atoms with Gasteiger partial charge in [0.2, 0.25) is 11.8 Å². The number of hydrogen-bond donors (Lipinski definition) is 1. The Bertz CT molecular complexity index is 1550. The Morgan fingerprint density at radius 3 is 2.42 bits per heavy atom. The first-order valence-electron chi connectivity index (χ1n) is 15.2. The molecular weight excluding hydrogens is 562 g/mol. The maximum atomic E-state index is 14.2. The standard InChI is InChI=1S/C33H43N5O4S/c1-22(2)18-27-21-42-30-20-29(31-23(3)8-6-9-24(31)4)34-33(35-30)36-43(40,41)28-11-7-10-26(19-28)32(39)38(27)17-14-25-12-15-37(5)16-13-25/h6-11,19-20,22,25,27H,12-18,21H2,1-5H3,(H,34,35,36)/t27-/m1/s1. The Balaban J connectivity index is 1.58. The Morgan fingerprint density at radius 2 is 1.72 bits per heavy atom. The summed E-state index contributed by atoms with van der Waals surface area (Å²) in [5.74, 6) is 0.836. The summed E-state index contributed by atoms with van der Waals surface area (Å²) in [6.45, 7) is 11.2. The Labute approximate surface area is 255 Å². The molecule has 0 unspecified atom stereocenters. The van der Waals surface area contributed by atoms with E-state index in [1.165, 1.54) is 12.1 Å². The van der Waals surface area contributed by atoms with Crippen LogP contribution >= 0.6 is 0 Å². The predicted octanol–water partition coefficient (Wildman–Crippen LogP) is 5.54. The van der Waals surface area contributed by atoms with Gasteiger partial charge in [0.25, 0.3) is 15.9 Å². The van der Waals surface area contributed by atoms with Gasteiger partial charge in [0, 0.05) is 23.7 Å². The predicted molar refractivity (Wildman–Crippen MR) is 169 cm³/mol. The van der Waals surface area contributed by atoms with Crippen molar-refractivity contribution in [3.05, 3.63) is 65.2 Å². The number of ether oxygens (including phenoxy) is 1. The third-order valence-corrected chi connectivity index (χ3v) is 9.87. The average Bonchev–Trinajstić information content (AvgIpc) is 2.96. The van der Waals surface area contributed by atoms with E-state index in [9.17, 15) is 13.2 Å². The van der Waals surface area contributed by atoms with Crippen LogP contribution < -0.4 is 9.46 Å². The second-order valence-electron chi connectivity index (χ2n) is 12.4. The molecule has 0 spiro atoms. The van der Waals surface area contributed by atoms with Crippen LogP contribution in [-0.4, -0.2) is 73.4 Å². The lowest BCUT2D eigenvalue weighted by Crippen LogP contribution is -2.46. The molecule has 1 saturated heterocycles. The number of fused-ring (bicyclic) bond motifs is 4. The molecule has 0 aliphatic carbocycles. The normalized spacial score (nSPS) is 19.6. The van der Waals surface area contributed by atoms with Crippen molar-refractivity contribution in [1.82, 2.24) is 19.8 Å². The zero-order valence-electron chi connectivity index (χ0n) is 25.8. The van der Waals surface area contributed by atoms with Crippen LogP contribution in [0.15, 0.2) is 53.4 Å². The van der Waals surface area contributed by atoms with Crippen LogP contribution in [0, 0.1) is 25.7 Å². The number of nitrogens with zero attached hydrogens (tertiary/aromatic N) is 4. The summed E-state index contributed by atoms with van der Waals surface area (Å²) in [5, 5.41) is 0. The number of amides is 1. The van der Waals surface area contributed by atoms with Gasteiger partial charge < -0.3 is 14.5 Å². The summed E-state index contributed by atoms with van der Waals surface area (Å²) in [4.78, 5) is 27.5. The van der Waals surface area contributed by atoms with Crippen molar-refractivity contribution in [2.75, 3.05) is 38.0 Å². The highest BCUT2D eigenvalue weighted by atomic mass is 32.2. The van der Waals surface area contributed by atoms with Crippen molar-refractivity contribution in [3.8, 4) is 17.1 Å². The Morgan fingerprint density at radius 1 is 1.02 bits per heavy atom. The summed E-state index contributed by atoms with van der Waals surface area (Å²) in [6.07, 6.45) is 3.83. The van der Waals surface area contributed by atoms with Gasteiger partial charge in [-0.05, 0) is 101 Å². The Kier molecular flexibility index (Phi) is 9.36. The van der Waals surface area contributed by atoms with Gasteiger partial charge in [-0.2, -0.15) is 4.98 Å². The molecule has 10 heteroatoms. The third-order valence-electron chi connectivity index (χ3n) is 8.54. The van der Waals surface area contributed by atoms with Crippen molar-refractivity contribution in [2.24, 2.45) is 11.8 Å². The van der Waals surface area contributed by atoms with Crippen molar-refractivity contribution in [1.29, 1.82) is 0 Å². The fraction of sp³-hybridized carbons (Fsp3) is 0.485. The van der Waals surface area contributed by atoms with E-state index in [1.54, 1.807) is 18.2 Å². The van der Waals surface area contributed by atoms with Crippen LogP contribution in [0.4, 0.5) is 5.95 Å². The van der Waals surface area contributed by atoms with Crippen LogP contribution in [0.1, 0.15) is 61.0 Å². The molecule has 2 aliphatic heterocycles. The summed E-state index contributed by atoms with van der Waals surface area (Å²) < 4.78 is 36.0. The number of carbonyl (C=O) groups is 1. The lowest BCUT2D eigenvalue weighted by atomic mass is 9.93. The molecule has 2 aromatic carbocycles. The molecule has 0 saturated carbocycles. The van der Waals surface area contributed by atoms with Crippen LogP contribution in [0.3, 0.4) is 0 Å². The van der Waals surface area contributed by atoms with E-state index in [0.29, 0.717) is 29.6 Å². The molecule has 1 fully saturated rings. The zero-order chi connectivity index (χ0) is 30.7. The van der Waals surface area contributed by atoms with E-state index in [-0.39, 0.29) is 35.3 Å². The highest BCUT2D eigenvalue weighted by molar-refractivity contribution is 7.92. The van der Waals surface area contributed by atoms with E-state index in [2.05, 4.69) is 40.5 Å². The van der Waals surface area contributed by atoms with Gasteiger partial charge in [0.1, 0.15) is 6.61 Å². The van der Waals surface area contributed by atoms with E-state index in [1.807, 2.05) is 36.9 Å². The topological polar surface area (TPSA) is 105 Å². The summed E-state index contributed by atoms with van der Waals surface area (Å²) in [5.41, 5.74) is 3.82. The number of benzene rings is 2. The fourth-order valence-corrected chi connectivity index (χ4v) is 7.15. The fourth-order valence-electron chi connectivity index (χ4n) is 6.17. The van der Waals surface area contributed by atoms with Crippen molar-refractivity contribution in [3.63, 3.8) is 0 Å². The van der Waals surface area contributed by atoms with Gasteiger partial charge in [0.05, 0.1) is 16.6 Å². The number of aryl methyl sites for hydroxylation is 2. The number of carbonyl (C=O) groups excluding carboxylic acids is 1. The molecule has 3 aromatic rings. The molecule has 43 heavy (non-hydrogen) atoms. The van der Waals surface area contributed by atoms with Crippen LogP contribution in [0.5, 0.6) is 5.88 Å². The molecule has 1 atom stereocenters. The minimum atomic E-state index is -4.09. The number of hydrogen-bond acceptors (Lipinski definition) is 7. The molecular formula is C33H43N5O4S. The summed E-state index contributed by atoms with van der Waals surface area (Å²) >= 11 is 0. The lowest BCUT2D eigenvalue weighted by molar-refractivity contribution is 0.0547. The van der Waals surface area contributed by atoms with Crippen LogP contribution in [0.2, 0.25) is 0 Å². The van der Waals surface area contributed by atoms with Crippen molar-refractivity contribution >= 4 is 21.9 Å². The van der Waals surface area contributed by atoms with Crippen molar-refractivity contribution in [2.45, 2.75) is 64.3 Å². The number of aromatic nitrogens is 2. The first kappa shape index (κ1) is 30.9. The number of piperidine rings is 1.